The molecular formula is C13H11NOS. The van der Waals surface area contributed by atoms with E-state index in [1.165, 1.54) is 4.70 Å². The molecule has 2 aromatic rings. The Morgan fingerprint density at radius 1 is 1.25 bits per heavy atom. The van der Waals surface area contributed by atoms with Gasteiger partial charge in [-0.1, -0.05) is 18.2 Å². The molecule has 1 heterocycles. The van der Waals surface area contributed by atoms with Gasteiger partial charge in [-0.25, -0.2) is 4.98 Å². The van der Waals surface area contributed by atoms with Crippen LogP contribution >= 0.6 is 11.3 Å². The first-order valence-electron chi connectivity index (χ1n) is 5.29. The minimum atomic E-state index is 0.366. The molecule has 0 radical (unpaired) electrons. The van der Waals surface area contributed by atoms with Gasteiger partial charge in [0.05, 0.1) is 10.2 Å². The second kappa shape index (κ2) is 3.76. The quantitative estimate of drug-likeness (QED) is 0.804. The molecule has 3 rings (SSSR count). The molecule has 0 amide bonds. The van der Waals surface area contributed by atoms with E-state index in [0.29, 0.717) is 5.76 Å². The molecule has 1 aromatic heterocycles. The van der Waals surface area contributed by atoms with E-state index in [2.05, 4.69) is 11.1 Å². The van der Waals surface area contributed by atoms with Crippen molar-refractivity contribution in [2.75, 3.05) is 0 Å². The number of aliphatic hydroxyl groups excluding tert-OH is 1. The average Bonchev–Trinajstić information content (AvgIpc) is 2.73. The summed E-state index contributed by atoms with van der Waals surface area (Å²) in [6, 6.07) is 8.07. The van der Waals surface area contributed by atoms with Gasteiger partial charge in [0.1, 0.15) is 10.8 Å². The van der Waals surface area contributed by atoms with Crippen LogP contribution in [0.3, 0.4) is 0 Å². The summed E-state index contributed by atoms with van der Waals surface area (Å²) in [7, 11) is 0. The van der Waals surface area contributed by atoms with Crippen molar-refractivity contribution in [1.82, 2.24) is 4.98 Å². The number of rotatable bonds is 1. The smallest absolute Gasteiger partial charge is 0.124 e. The van der Waals surface area contributed by atoms with Gasteiger partial charge in [-0.05, 0) is 31.1 Å². The van der Waals surface area contributed by atoms with Gasteiger partial charge < -0.3 is 5.11 Å². The molecular weight excluding hydrogens is 218 g/mol. The summed E-state index contributed by atoms with van der Waals surface area (Å²) in [5, 5.41) is 10.8. The number of para-hydroxylation sites is 1. The van der Waals surface area contributed by atoms with Gasteiger partial charge in [0.2, 0.25) is 0 Å². The van der Waals surface area contributed by atoms with Crippen LogP contribution in [0.1, 0.15) is 17.8 Å². The van der Waals surface area contributed by atoms with Crippen molar-refractivity contribution >= 4 is 27.1 Å². The van der Waals surface area contributed by atoms with E-state index < -0.39 is 0 Å². The molecule has 1 aliphatic carbocycles. The molecule has 0 saturated heterocycles. The van der Waals surface area contributed by atoms with E-state index in [9.17, 15) is 5.11 Å². The highest BCUT2D eigenvalue weighted by Gasteiger charge is 2.14. The molecule has 0 bridgehead atoms. The number of hydrogen-bond donors (Lipinski definition) is 1. The van der Waals surface area contributed by atoms with Crippen molar-refractivity contribution in [3.8, 4) is 0 Å². The van der Waals surface area contributed by atoms with Gasteiger partial charge in [0.15, 0.2) is 0 Å². The number of aliphatic hydroxyl groups is 1. The predicted molar refractivity (Wildman–Crippen MR) is 67.5 cm³/mol. The van der Waals surface area contributed by atoms with E-state index in [4.69, 9.17) is 0 Å². The van der Waals surface area contributed by atoms with Crippen LogP contribution in [0.2, 0.25) is 0 Å². The first-order valence-corrected chi connectivity index (χ1v) is 6.11. The molecule has 80 valence electrons. The fourth-order valence-electron chi connectivity index (χ4n) is 1.87. The van der Waals surface area contributed by atoms with Crippen molar-refractivity contribution in [3.05, 3.63) is 47.2 Å². The van der Waals surface area contributed by atoms with Gasteiger partial charge in [-0.3, -0.25) is 0 Å². The molecule has 2 nitrogen and oxygen atoms in total. The minimum absolute atomic E-state index is 0.366. The lowest BCUT2D eigenvalue weighted by Gasteiger charge is -2.08. The van der Waals surface area contributed by atoms with Gasteiger partial charge in [0, 0.05) is 5.57 Å². The number of thiazole rings is 1. The SMILES string of the molecule is OC1=C(c2nc3ccccc3s2)CCC=C1. The molecule has 0 saturated carbocycles. The summed E-state index contributed by atoms with van der Waals surface area (Å²) >= 11 is 1.64. The number of allylic oxidation sites excluding steroid dienone is 3. The molecule has 0 unspecified atom stereocenters. The molecule has 1 aliphatic rings. The minimum Gasteiger partial charge on any atom is -0.508 e. The third-order valence-corrected chi connectivity index (χ3v) is 3.79. The lowest BCUT2D eigenvalue weighted by molar-refractivity contribution is 0.431. The monoisotopic (exact) mass is 229 g/mol. The molecule has 0 atom stereocenters. The summed E-state index contributed by atoms with van der Waals surface area (Å²) in [5.41, 5.74) is 1.99. The number of aromatic nitrogens is 1. The van der Waals surface area contributed by atoms with Gasteiger partial charge in [-0.2, -0.15) is 0 Å². The Kier molecular flexibility index (Phi) is 2.26. The molecule has 1 aromatic carbocycles. The van der Waals surface area contributed by atoms with E-state index >= 15 is 0 Å². The second-order valence-electron chi connectivity index (χ2n) is 3.79. The van der Waals surface area contributed by atoms with Crippen molar-refractivity contribution < 1.29 is 5.11 Å². The van der Waals surface area contributed by atoms with Crippen LogP contribution in [-0.4, -0.2) is 10.1 Å². The maximum Gasteiger partial charge on any atom is 0.124 e. The lowest BCUT2D eigenvalue weighted by atomic mass is 10.0. The predicted octanol–water partition coefficient (Wildman–Crippen LogP) is 3.92. The van der Waals surface area contributed by atoms with E-state index in [-0.39, 0.29) is 0 Å². The van der Waals surface area contributed by atoms with Crippen LogP contribution in [0.25, 0.3) is 15.8 Å². The van der Waals surface area contributed by atoms with Gasteiger partial charge >= 0.3 is 0 Å². The highest BCUT2D eigenvalue weighted by molar-refractivity contribution is 7.19. The topological polar surface area (TPSA) is 33.1 Å². The largest absolute Gasteiger partial charge is 0.508 e. The first-order chi connectivity index (χ1) is 7.84. The Hall–Kier alpha value is -1.61. The summed E-state index contributed by atoms with van der Waals surface area (Å²) in [5.74, 6) is 0.366. The third-order valence-electron chi connectivity index (χ3n) is 2.70. The van der Waals surface area contributed by atoms with E-state index in [1.54, 1.807) is 17.4 Å². The zero-order valence-electron chi connectivity index (χ0n) is 8.68. The highest BCUT2D eigenvalue weighted by atomic mass is 32.1. The molecule has 1 N–H and O–H groups in total. The summed E-state index contributed by atoms with van der Waals surface area (Å²) in [6.45, 7) is 0. The Balaban J connectivity index is 2.16. The van der Waals surface area contributed by atoms with Crippen LogP contribution < -0.4 is 0 Å². The van der Waals surface area contributed by atoms with Gasteiger partial charge in [0.25, 0.3) is 0 Å². The number of hydrogen-bond acceptors (Lipinski definition) is 3. The summed E-state index contributed by atoms with van der Waals surface area (Å²) in [4.78, 5) is 4.55. The maximum atomic E-state index is 9.81. The summed E-state index contributed by atoms with van der Waals surface area (Å²) < 4.78 is 1.17. The first kappa shape index (κ1) is 9.60. The van der Waals surface area contributed by atoms with E-state index in [1.807, 2.05) is 24.3 Å². The zero-order valence-corrected chi connectivity index (χ0v) is 9.50. The fourth-order valence-corrected chi connectivity index (χ4v) is 2.92. The van der Waals surface area contributed by atoms with Crippen LogP contribution in [0.15, 0.2) is 42.2 Å². The Labute approximate surface area is 97.6 Å². The number of fused-ring (bicyclic) bond motifs is 1. The van der Waals surface area contributed by atoms with Crippen LogP contribution in [0, 0.1) is 0 Å². The molecule has 16 heavy (non-hydrogen) atoms. The van der Waals surface area contributed by atoms with Crippen LogP contribution in [-0.2, 0) is 0 Å². The highest BCUT2D eigenvalue weighted by Crippen LogP contribution is 2.32. The number of benzene rings is 1. The zero-order chi connectivity index (χ0) is 11.0. The molecule has 0 aliphatic heterocycles. The molecule has 0 spiro atoms. The molecule has 3 heteroatoms. The van der Waals surface area contributed by atoms with Crippen molar-refractivity contribution in [2.45, 2.75) is 12.8 Å². The maximum absolute atomic E-state index is 9.81. The third kappa shape index (κ3) is 1.53. The van der Waals surface area contributed by atoms with E-state index in [0.717, 1.165) is 28.9 Å². The van der Waals surface area contributed by atoms with Crippen LogP contribution in [0.4, 0.5) is 0 Å². The molecule has 0 fully saturated rings. The standard InChI is InChI=1S/C13H11NOS/c15-11-7-3-1-5-9(11)13-14-10-6-2-4-8-12(10)16-13/h2-4,6-8,15H,1,5H2. The van der Waals surface area contributed by atoms with Crippen LogP contribution in [0.5, 0.6) is 0 Å². The normalized spacial score (nSPS) is 16.0. The van der Waals surface area contributed by atoms with Crippen molar-refractivity contribution in [3.63, 3.8) is 0 Å². The Bertz CT molecular complexity index is 562. The Morgan fingerprint density at radius 2 is 2.12 bits per heavy atom. The summed E-state index contributed by atoms with van der Waals surface area (Å²) in [6.07, 6.45) is 5.62. The number of nitrogens with zero attached hydrogens (tertiary/aromatic N) is 1. The fraction of sp³-hybridized carbons (Fsp3) is 0.154. The lowest BCUT2D eigenvalue weighted by Crippen LogP contribution is -1.93. The Morgan fingerprint density at radius 3 is 2.94 bits per heavy atom. The second-order valence-corrected chi connectivity index (χ2v) is 4.82. The van der Waals surface area contributed by atoms with Gasteiger partial charge in [-0.15, -0.1) is 11.3 Å². The van der Waals surface area contributed by atoms with Crippen molar-refractivity contribution in [1.29, 1.82) is 0 Å². The average molecular weight is 229 g/mol. The van der Waals surface area contributed by atoms with Crippen molar-refractivity contribution in [2.24, 2.45) is 0 Å².